The van der Waals surface area contributed by atoms with Gasteiger partial charge >= 0.3 is 11.7 Å². The van der Waals surface area contributed by atoms with Gasteiger partial charge in [0.1, 0.15) is 5.82 Å². The quantitative estimate of drug-likeness (QED) is 0.416. The lowest BCUT2D eigenvalue weighted by molar-refractivity contribution is -0.123. The van der Waals surface area contributed by atoms with Crippen LogP contribution in [0, 0.1) is 19.7 Å². The Kier molecular flexibility index (Phi) is 5.40. The molecule has 3 N–H and O–H groups in total. The number of nitrogens with one attached hydrogen (secondary N) is 3. The Morgan fingerprint density at radius 1 is 1.03 bits per heavy atom. The smallest absolute Gasteiger partial charge is 0.340 e. The first-order valence-electron chi connectivity index (χ1n) is 9.91. The maximum absolute atomic E-state index is 13.3. The zero-order chi connectivity index (χ0) is 23.0. The molecule has 4 aromatic rings. The number of carbonyl (C=O) groups excluding carboxylic acids is 2. The lowest BCUT2D eigenvalue weighted by Gasteiger charge is -2.14. The largest absolute Gasteiger partial charge is 0.449 e. The highest BCUT2D eigenvalue weighted by Gasteiger charge is 2.23. The van der Waals surface area contributed by atoms with Gasteiger partial charge in [-0.25, -0.2) is 14.0 Å². The van der Waals surface area contributed by atoms with Crippen molar-refractivity contribution < 1.29 is 18.7 Å². The lowest BCUT2D eigenvalue weighted by Crippen LogP contribution is -2.30. The lowest BCUT2D eigenvalue weighted by atomic mass is 10.2. The summed E-state index contributed by atoms with van der Waals surface area (Å²) in [5.74, 6) is -1.50. The molecule has 4 rings (SSSR count). The molecular formula is C23H21FN4O4. The van der Waals surface area contributed by atoms with Crippen LogP contribution in [-0.4, -0.2) is 32.5 Å². The number of amides is 1. The minimum atomic E-state index is -1.06. The second-order valence-electron chi connectivity index (χ2n) is 7.47. The summed E-state index contributed by atoms with van der Waals surface area (Å²) in [6.07, 6.45) is -1.06. The number of aryl methyl sites for hydroxylation is 1. The minimum Gasteiger partial charge on any atom is -0.449 e. The van der Waals surface area contributed by atoms with E-state index in [4.69, 9.17) is 4.74 Å². The van der Waals surface area contributed by atoms with Crippen molar-refractivity contribution in [2.24, 2.45) is 0 Å². The van der Waals surface area contributed by atoms with Gasteiger partial charge in [0, 0.05) is 22.8 Å². The van der Waals surface area contributed by atoms with E-state index < -0.39 is 18.0 Å². The van der Waals surface area contributed by atoms with Crippen LogP contribution in [0.1, 0.15) is 28.7 Å². The third-order valence-corrected chi connectivity index (χ3v) is 5.17. The molecule has 0 radical (unpaired) electrons. The van der Waals surface area contributed by atoms with Crippen molar-refractivity contribution in [3.05, 3.63) is 81.8 Å². The summed E-state index contributed by atoms with van der Waals surface area (Å²) in [6, 6.07) is 12.5. The Bertz CT molecular complexity index is 1380. The van der Waals surface area contributed by atoms with Gasteiger partial charge in [0.15, 0.2) is 6.10 Å². The number of benzene rings is 2. The number of imidazole rings is 1. The highest BCUT2D eigenvalue weighted by molar-refractivity contribution is 5.98. The molecule has 9 heteroatoms. The molecule has 2 aromatic heterocycles. The van der Waals surface area contributed by atoms with Crippen LogP contribution in [0.25, 0.3) is 16.7 Å². The van der Waals surface area contributed by atoms with Gasteiger partial charge in [-0.05, 0) is 69.3 Å². The molecule has 2 aromatic carbocycles. The van der Waals surface area contributed by atoms with E-state index in [0.717, 1.165) is 5.69 Å². The minimum absolute atomic E-state index is 0.317. The van der Waals surface area contributed by atoms with Crippen LogP contribution in [0.4, 0.5) is 10.1 Å². The Balaban J connectivity index is 1.48. The molecule has 1 atom stereocenters. The number of H-pyrrole nitrogens is 2. The maximum atomic E-state index is 13.3. The van der Waals surface area contributed by atoms with Crippen LogP contribution >= 0.6 is 0 Å². The second-order valence-corrected chi connectivity index (χ2v) is 7.47. The summed E-state index contributed by atoms with van der Waals surface area (Å²) in [6.45, 7) is 5.05. The van der Waals surface area contributed by atoms with Crippen molar-refractivity contribution >= 4 is 28.6 Å². The number of halogens is 1. The molecule has 0 fully saturated rings. The van der Waals surface area contributed by atoms with Crippen LogP contribution in [0.3, 0.4) is 0 Å². The zero-order valence-corrected chi connectivity index (χ0v) is 17.7. The summed E-state index contributed by atoms with van der Waals surface area (Å²) in [4.78, 5) is 41.9. The molecule has 1 amide bonds. The second kappa shape index (κ2) is 8.18. The van der Waals surface area contributed by atoms with Crippen molar-refractivity contribution in [2.45, 2.75) is 26.9 Å². The Morgan fingerprint density at radius 2 is 1.72 bits per heavy atom. The Labute approximate surface area is 182 Å². The molecule has 0 unspecified atom stereocenters. The number of anilines is 1. The van der Waals surface area contributed by atoms with E-state index in [1.54, 1.807) is 43.3 Å². The molecular weight excluding hydrogens is 415 g/mol. The van der Waals surface area contributed by atoms with Crippen LogP contribution in [0.15, 0.2) is 53.3 Å². The van der Waals surface area contributed by atoms with Gasteiger partial charge in [-0.2, -0.15) is 0 Å². The average molecular weight is 436 g/mol. The normalized spacial score (nSPS) is 12.0. The molecule has 0 saturated carbocycles. The third kappa shape index (κ3) is 4.04. The number of hydrogen-bond acceptors (Lipinski definition) is 4. The Morgan fingerprint density at radius 3 is 2.44 bits per heavy atom. The molecule has 2 heterocycles. The van der Waals surface area contributed by atoms with Gasteiger partial charge in [-0.1, -0.05) is 0 Å². The summed E-state index contributed by atoms with van der Waals surface area (Å²) in [5, 5.41) is 2.67. The van der Waals surface area contributed by atoms with E-state index in [1.165, 1.54) is 19.1 Å². The fourth-order valence-electron chi connectivity index (χ4n) is 3.59. The average Bonchev–Trinajstić information content (AvgIpc) is 3.26. The van der Waals surface area contributed by atoms with Gasteiger partial charge in [0.2, 0.25) is 0 Å². The number of hydrogen-bond donors (Lipinski definition) is 3. The monoisotopic (exact) mass is 436 g/mol. The molecule has 0 aliphatic carbocycles. The first-order chi connectivity index (χ1) is 15.2. The molecule has 0 bridgehead atoms. The van der Waals surface area contributed by atoms with E-state index in [1.807, 2.05) is 11.5 Å². The summed E-state index contributed by atoms with van der Waals surface area (Å²) < 4.78 is 20.4. The van der Waals surface area contributed by atoms with E-state index in [9.17, 15) is 18.8 Å². The molecule has 0 saturated heterocycles. The number of esters is 1. The standard InChI is InChI=1S/C23H21FN4O4/c1-12-10-18(13(2)28(12)17-7-4-15(24)5-8-17)22(30)32-14(3)21(29)25-16-6-9-19-20(11-16)27-23(31)26-19/h4-11,14H,1-3H3,(H,25,29)(H2,26,27,31)/t14-/m0/s1. The molecule has 164 valence electrons. The van der Waals surface area contributed by atoms with Crippen LogP contribution < -0.4 is 11.0 Å². The SMILES string of the molecule is Cc1cc(C(=O)O[C@@H](C)C(=O)Nc2ccc3[nH]c(=O)[nH]c3c2)c(C)n1-c1ccc(F)cc1. The van der Waals surface area contributed by atoms with Crippen molar-refractivity contribution in [3.8, 4) is 5.69 Å². The van der Waals surface area contributed by atoms with Crippen molar-refractivity contribution in [2.75, 3.05) is 5.32 Å². The van der Waals surface area contributed by atoms with Gasteiger partial charge in [0.05, 0.1) is 16.6 Å². The maximum Gasteiger partial charge on any atom is 0.340 e. The topological polar surface area (TPSA) is 109 Å². The molecule has 8 nitrogen and oxygen atoms in total. The van der Waals surface area contributed by atoms with E-state index >= 15 is 0 Å². The predicted octanol–water partition coefficient (Wildman–Crippen LogP) is 3.59. The zero-order valence-electron chi connectivity index (χ0n) is 17.7. The Hall–Kier alpha value is -4.14. The number of ether oxygens (including phenoxy) is 1. The van der Waals surface area contributed by atoms with Gasteiger partial charge in [-0.3, -0.25) is 4.79 Å². The molecule has 0 aliphatic rings. The molecule has 32 heavy (non-hydrogen) atoms. The number of aromatic nitrogens is 3. The van der Waals surface area contributed by atoms with E-state index in [0.29, 0.717) is 33.7 Å². The van der Waals surface area contributed by atoms with Crippen LogP contribution in [0.2, 0.25) is 0 Å². The van der Waals surface area contributed by atoms with Gasteiger partial charge < -0.3 is 24.6 Å². The first kappa shape index (κ1) is 21.1. The number of fused-ring (bicyclic) bond motifs is 1. The van der Waals surface area contributed by atoms with Crippen molar-refractivity contribution in [1.29, 1.82) is 0 Å². The number of nitrogens with zero attached hydrogens (tertiary/aromatic N) is 1. The fourth-order valence-corrected chi connectivity index (χ4v) is 3.59. The first-order valence-corrected chi connectivity index (χ1v) is 9.91. The van der Waals surface area contributed by atoms with Crippen LogP contribution in [0.5, 0.6) is 0 Å². The van der Waals surface area contributed by atoms with Gasteiger partial charge in [0.25, 0.3) is 5.91 Å². The number of carbonyl (C=O) groups is 2. The third-order valence-electron chi connectivity index (χ3n) is 5.17. The number of rotatable bonds is 5. The fraction of sp³-hybridized carbons (Fsp3) is 0.174. The number of aromatic amines is 2. The summed E-state index contributed by atoms with van der Waals surface area (Å²) in [5.41, 5.74) is 3.69. The summed E-state index contributed by atoms with van der Waals surface area (Å²) in [7, 11) is 0. The highest BCUT2D eigenvalue weighted by Crippen LogP contribution is 2.22. The predicted molar refractivity (Wildman–Crippen MR) is 118 cm³/mol. The molecule has 0 spiro atoms. The van der Waals surface area contributed by atoms with Crippen molar-refractivity contribution in [3.63, 3.8) is 0 Å². The highest BCUT2D eigenvalue weighted by atomic mass is 19.1. The molecule has 0 aliphatic heterocycles. The van der Waals surface area contributed by atoms with E-state index in [2.05, 4.69) is 15.3 Å². The van der Waals surface area contributed by atoms with E-state index in [-0.39, 0.29) is 11.5 Å². The summed E-state index contributed by atoms with van der Waals surface area (Å²) >= 11 is 0. The van der Waals surface area contributed by atoms with Gasteiger partial charge in [-0.15, -0.1) is 0 Å². The van der Waals surface area contributed by atoms with Crippen molar-refractivity contribution in [1.82, 2.24) is 14.5 Å². The van der Waals surface area contributed by atoms with Crippen LogP contribution in [-0.2, 0) is 9.53 Å².